The van der Waals surface area contributed by atoms with Crippen molar-refractivity contribution in [2.24, 2.45) is 0 Å². The van der Waals surface area contributed by atoms with Crippen LogP contribution in [0.5, 0.6) is 0 Å². The highest BCUT2D eigenvalue weighted by Gasteiger charge is 2.50. The number of aromatic nitrogens is 1. The fraction of sp³-hybridized carbons (Fsp3) is 0.188. The van der Waals surface area contributed by atoms with E-state index in [2.05, 4.69) is 4.98 Å². The van der Waals surface area contributed by atoms with Gasteiger partial charge < -0.3 is 10.0 Å². The molecule has 2 aromatic rings. The Hall–Kier alpha value is -3.13. The largest absolute Gasteiger partial charge is 0.375 e. The van der Waals surface area contributed by atoms with E-state index in [1.54, 1.807) is 12.1 Å². The molecule has 0 bridgehead atoms. The van der Waals surface area contributed by atoms with Crippen molar-refractivity contribution < 1.29 is 19.6 Å². The zero-order valence-electron chi connectivity index (χ0n) is 12.7. The smallest absolute Gasteiger partial charge is 0.269 e. The summed E-state index contributed by atoms with van der Waals surface area (Å²) in [6, 6.07) is 8.49. The first kappa shape index (κ1) is 15.8. The Morgan fingerprint density at radius 3 is 2.75 bits per heavy atom. The lowest BCUT2D eigenvalue weighted by Gasteiger charge is -2.20. The van der Waals surface area contributed by atoms with Crippen LogP contribution in [0.4, 0.5) is 11.4 Å². The number of fused-ring (bicyclic) bond motifs is 1. The second-order valence-electron chi connectivity index (χ2n) is 5.50. The first-order valence-corrected chi connectivity index (χ1v) is 7.08. The number of Topliss-reactive ketones (excluding diaryl/α,β-unsaturated/α-hetero) is 1. The van der Waals surface area contributed by atoms with Crippen molar-refractivity contribution in [3.05, 3.63) is 64.0 Å². The number of carbonyl (C=O) groups is 2. The van der Waals surface area contributed by atoms with Crippen molar-refractivity contribution in [1.82, 2.24) is 4.98 Å². The number of hydrogen-bond donors (Lipinski definition) is 1. The fourth-order valence-electron chi connectivity index (χ4n) is 2.78. The van der Waals surface area contributed by atoms with E-state index in [0.717, 1.165) is 6.07 Å². The number of carbonyl (C=O) groups excluding carboxylic acids is 2. The third kappa shape index (κ3) is 2.33. The van der Waals surface area contributed by atoms with E-state index >= 15 is 0 Å². The van der Waals surface area contributed by atoms with Crippen LogP contribution in [0.25, 0.3) is 0 Å². The monoisotopic (exact) mass is 327 g/mol. The number of benzene rings is 1. The van der Waals surface area contributed by atoms with Crippen LogP contribution in [0, 0.1) is 10.1 Å². The Morgan fingerprint density at radius 2 is 2.12 bits per heavy atom. The van der Waals surface area contributed by atoms with Gasteiger partial charge in [0.05, 0.1) is 17.0 Å². The van der Waals surface area contributed by atoms with Gasteiger partial charge in [-0.1, -0.05) is 6.07 Å². The average Bonchev–Trinajstić information content (AvgIpc) is 2.77. The number of non-ortho nitro benzene ring substituents is 1. The van der Waals surface area contributed by atoms with Gasteiger partial charge in [0.25, 0.3) is 11.6 Å². The van der Waals surface area contributed by atoms with E-state index in [0.29, 0.717) is 5.69 Å². The molecule has 2 heterocycles. The third-order valence-corrected chi connectivity index (χ3v) is 4.02. The molecule has 8 heteroatoms. The molecule has 0 aliphatic carbocycles. The number of hydrogen-bond acceptors (Lipinski definition) is 6. The van der Waals surface area contributed by atoms with Crippen LogP contribution in [-0.4, -0.2) is 33.8 Å². The second-order valence-corrected chi connectivity index (χ2v) is 5.50. The summed E-state index contributed by atoms with van der Waals surface area (Å²) >= 11 is 0. The molecule has 24 heavy (non-hydrogen) atoms. The van der Waals surface area contributed by atoms with Crippen LogP contribution in [0.2, 0.25) is 0 Å². The van der Waals surface area contributed by atoms with E-state index in [4.69, 9.17) is 0 Å². The third-order valence-electron chi connectivity index (χ3n) is 4.02. The molecular formula is C16H13N3O5. The number of rotatable bonds is 4. The van der Waals surface area contributed by atoms with Crippen molar-refractivity contribution >= 4 is 23.1 Å². The number of nitro benzene ring substituents is 1. The van der Waals surface area contributed by atoms with Gasteiger partial charge in [0, 0.05) is 30.9 Å². The normalized spacial score (nSPS) is 19.2. The molecule has 122 valence electrons. The van der Waals surface area contributed by atoms with Gasteiger partial charge >= 0.3 is 0 Å². The number of amides is 1. The fourth-order valence-corrected chi connectivity index (χ4v) is 2.78. The summed E-state index contributed by atoms with van der Waals surface area (Å²) < 4.78 is 0. The molecule has 1 aromatic carbocycles. The first-order chi connectivity index (χ1) is 11.3. The minimum Gasteiger partial charge on any atom is -0.375 e. The van der Waals surface area contributed by atoms with Gasteiger partial charge in [-0.2, -0.15) is 0 Å². The summed E-state index contributed by atoms with van der Waals surface area (Å²) in [5.74, 6) is -1.23. The van der Waals surface area contributed by atoms with Gasteiger partial charge in [0.15, 0.2) is 11.4 Å². The first-order valence-electron chi connectivity index (χ1n) is 7.08. The van der Waals surface area contributed by atoms with E-state index in [9.17, 15) is 24.8 Å². The van der Waals surface area contributed by atoms with Crippen LogP contribution in [0.15, 0.2) is 42.6 Å². The zero-order valence-corrected chi connectivity index (χ0v) is 12.7. The molecule has 0 saturated carbocycles. The predicted molar refractivity (Wildman–Crippen MR) is 83.6 cm³/mol. The Balaban J connectivity index is 2.04. The molecule has 1 amide bonds. The lowest BCUT2D eigenvalue weighted by Crippen LogP contribution is -2.40. The Bertz CT molecular complexity index is 852. The maximum Gasteiger partial charge on any atom is 0.269 e. The molecular weight excluding hydrogens is 314 g/mol. The molecule has 1 N–H and O–H groups in total. The van der Waals surface area contributed by atoms with Crippen molar-refractivity contribution in [1.29, 1.82) is 0 Å². The highest BCUT2D eigenvalue weighted by molar-refractivity contribution is 6.10. The molecule has 0 unspecified atom stereocenters. The van der Waals surface area contributed by atoms with E-state index in [1.165, 1.54) is 36.3 Å². The lowest BCUT2D eigenvalue weighted by atomic mass is 9.89. The zero-order chi connectivity index (χ0) is 17.5. The summed E-state index contributed by atoms with van der Waals surface area (Å²) in [7, 11) is 1.44. The number of nitro groups is 1. The molecule has 8 nitrogen and oxygen atoms in total. The summed E-state index contributed by atoms with van der Waals surface area (Å²) in [6.07, 6.45) is 0.889. The van der Waals surface area contributed by atoms with Gasteiger partial charge in [-0.25, -0.2) is 0 Å². The van der Waals surface area contributed by atoms with Crippen LogP contribution >= 0.6 is 0 Å². The number of pyridine rings is 1. The second kappa shape index (κ2) is 5.50. The molecule has 0 radical (unpaired) electrons. The minimum absolute atomic E-state index is 0.0495. The van der Waals surface area contributed by atoms with E-state index < -0.39 is 28.6 Å². The van der Waals surface area contributed by atoms with Crippen molar-refractivity contribution in [3.8, 4) is 0 Å². The molecule has 1 aliphatic heterocycles. The Labute approximate surface area is 136 Å². The Morgan fingerprint density at radius 1 is 1.38 bits per heavy atom. The summed E-state index contributed by atoms with van der Waals surface area (Å²) in [6.45, 7) is 0. The van der Waals surface area contributed by atoms with Gasteiger partial charge in [-0.3, -0.25) is 24.7 Å². The quantitative estimate of drug-likeness (QED) is 0.516. The SMILES string of the molecule is CN1C(=O)[C@](O)(CC(=O)c2ccccn2)c2cc([N+](=O)[O-])ccc21. The molecule has 1 atom stereocenters. The molecule has 0 saturated heterocycles. The summed E-state index contributed by atoms with van der Waals surface area (Å²) in [5.41, 5.74) is -1.92. The molecule has 1 aromatic heterocycles. The maximum absolute atomic E-state index is 12.5. The number of aliphatic hydroxyl groups is 1. The highest BCUT2D eigenvalue weighted by atomic mass is 16.6. The van der Waals surface area contributed by atoms with Crippen LogP contribution in [0.1, 0.15) is 22.5 Å². The molecule has 3 rings (SSSR count). The number of likely N-dealkylation sites (N-methyl/N-ethyl adjacent to an activating group) is 1. The Kier molecular flexibility index (Phi) is 3.61. The van der Waals surface area contributed by atoms with Crippen molar-refractivity contribution in [3.63, 3.8) is 0 Å². The molecule has 1 aliphatic rings. The summed E-state index contributed by atoms with van der Waals surface area (Å²) in [5, 5.41) is 21.8. The summed E-state index contributed by atoms with van der Waals surface area (Å²) in [4.78, 5) is 40.3. The maximum atomic E-state index is 12.5. The average molecular weight is 327 g/mol. The standard InChI is InChI=1S/C16H13N3O5/c1-18-13-6-5-10(19(23)24)8-11(13)16(22,15(18)21)9-14(20)12-4-2-3-7-17-12/h2-8,22H,9H2,1H3/t16-/m0/s1. The topological polar surface area (TPSA) is 114 Å². The number of nitrogens with zero attached hydrogens (tertiary/aromatic N) is 3. The lowest BCUT2D eigenvalue weighted by molar-refractivity contribution is -0.385. The predicted octanol–water partition coefficient (Wildman–Crippen LogP) is 1.43. The van der Waals surface area contributed by atoms with Crippen molar-refractivity contribution in [2.45, 2.75) is 12.0 Å². The minimum atomic E-state index is -2.15. The van der Waals surface area contributed by atoms with Gasteiger partial charge in [0.1, 0.15) is 5.69 Å². The molecule has 0 fully saturated rings. The van der Waals surface area contributed by atoms with Gasteiger partial charge in [-0.05, 0) is 18.2 Å². The van der Waals surface area contributed by atoms with Crippen molar-refractivity contribution in [2.75, 3.05) is 11.9 Å². The van der Waals surface area contributed by atoms with Crippen LogP contribution < -0.4 is 4.90 Å². The number of anilines is 1. The van der Waals surface area contributed by atoms with Gasteiger partial charge in [0.2, 0.25) is 0 Å². The number of ketones is 1. The van der Waals surface area contributed by atoms with Crippen LogP contribution in [-0.2, 0) is 10.4 Å². The highest BCUT2D eigenvalue weighted by Crippen LogP contribution is 2.43. The van der Waals surface area contributed by atoms with Gasteiger partial charge in [-0.15, -0.1) is 0 Å². The van der Waals surface area contributed by atoms with E-state index in [1.807, 2.05) is 0 Å². The molecule has 0 spiro atoms. The van der Waals surface area contributed by atoms with Crippen LogP contribution in [0.3, 0.4) is 0 Å². The van der Waals surface area contributed by atoms with E-state index in [-0.39, 0.29) is 16.9 Å².